The molecule has 0 radical (unpaired) electrons. The maximum Gasteiger partial charge on any atom is 0.196 e. The number of hydrogen-bond acceptors (Lipinski definition) is 4. The van der Waals surface area contributed by atoms with Crippen molar-refractivity contribution in [3.63, 3.8) is 0 Å². The number of furan rings is 1. The number of nitrogens with zero attached hydrogens (tertiary/aromatic N) is 3. The molecule has 3 heterocycles. The maximum atomic E-state index is 5.69. The highest BCUT2D eigenvalue weighted by molar-refractivity contribution is 7.99. The van der Waals surface area contributed by atoms with Crippen molar-refractivity contribution in [2.24, 2.45) is 0 Å². The van der Waals surface area contributed by atoms with Gasteiger partial charge in [0.1, 0.15) is 5.76 Å². The first-order valence-electron chi connectivity index (χ1n) is 7.90. The number of benzene rings is 1. The Labute approximate surface area is 144 Å². The van der Waals surface area contributed by atoms with Gasteiger partial charge in [-0.1, -0.05) is 36.4 Å². The fourth-order valence-electron chi connectivity index (χ4n) is 2.76. The molecule has 5 nitrogen and oxygen atoms in total. The van der Waals surface area contributed by atoms with Crippen molar-refractivity contribution < 1.29 is 4.42 Å². The predicted octanol–water partition coefficient (Wildman–Crippen LogP) is 4.74. The van der Waals surface area contributed by atoms with Crippen LogP contribution in [-0.2, 0) is 0 Å². The molecule has 0 saturated carbocycles. The molecule has 3 aromatic heterocycles. The van der Waals surface area contributed by atoms with Gasteiger partial charge in [0.25, 0.3) is 0 Å². The van der Waals surface area contributed by atoms with E-state index in [-0.39, 0.29) is 0 Å². The lowest BCUT2D eigenvalue weighted by molar-refractivity contribution is 0.579. The van der Waals surface area contributed by atoms with Crippen molar-refractivity contribution in [3.8, 4) is 17.2 Å². The molecule has 0 amide bonds. The SMILES string of the molecule is CCSc1nnc(-c2cc3oc(C)cc3[nH]2)n1-c1ccc(C)cc1. The topological polar surface area (TPSA) is 59.6 Å². The first-order valence-corrected chi connectivity index (χ1v) is 8.89. The maximum absolute atomic E-state index is 5.69. The second-order valence-electron chi connectivity index (χ2n) is 5.73. The Morgan fingerprint density at radius 2 is 1.92 bits per heavy atom. The lowest BCUT2D eigenvalue weighted by atomic mass is 10.2. The number of aromatic amines is 1. The van der Waals surface area contributed by atoms with Crippen molar-refractivity contribution in [1.82, 2.24) is 19.7 Å². The summed E-state index contributed by atoms with van der Waals surface area (Å²) < 4.78 is 7.78. The molecule has 1 N–H and O–H groups in total. The molecule has 0 aliphatic carbocycles. The molecule has 0 bridgehead atoms. The van der Waals surface area contributed by atoms with E-state index in [1.165, 1.54) is 5.56 Å². The van der Waals surface area contributed by atoms with Crippen LogP contribution in [0.15, 0.2) is 46.0 Å². The molecule has 0 fully saturated rings. The zero-order valence-electron chi connectivity index (χ0n) is 13.8. The number of thioether (sulfide) groups is 1. The number of H-pyrrole nitrogens is 1. The molecule has 0 saturated heterocycles. The summed E-state index contributed by atoms with van der Waals surface area (Å²) in [5.74, 6) is 2.62. The first-order chi connectivity index (χ1) is 11.7. The minimum Gasteiger partial charge on any atom is -0.460 e. The van der Waals surface area contributed by atoms with Crippen molar-refractivity contribution in [3.05, 3.63) is 47.7 Å². The van der Waals surface area contributed by atoms with Gasteiger partial charge in [-0.05, 0) is 31.7 Å². The Balaban J connectivity index is 1.88. The highest BCUT2D eigenvalue weighted by atomic mass is 32.2. The molecule has 1 aromatic carbocycles. The Morgan fingerprint density at radius 3 is 2.62 bits per heavy atom. The second-order valence-corrected chi connectivity index (χ2v) is 6.96. The van der Waals surface area contributed by atoms with E-state index in [0.717, 1.165) is 45.0 Å². The summed E-state index contributed by atoms with van der Waals surface area (Å²) in [6.45, 7) is 6.14. The normalized spacial score (nSPS) is 11.5. The van der Waals surface area contributed by atoms with Gasteiger partial charge in [0.15, 0.2) is 16.6 Å². The van der Waals surface area contributed by atoms with Gasteiger partial charge >= 0.3 is 0 Å². The van der Waals surface area contributed by atoms with Gasteiger partial charge in [-0.15, -0.1) is 10.2 Å². The molecule has 122 valence electrons. The summed E-state index contributed by atoms with van der Waals surface area (Å²) in [5.41, 5.74) is 5.00. The minimum absolute atomic E-state index is 0.791. The Hall–Kier alpha value is -2.47. The zero-order valence-corrected chi connectivity index (χ0v) is 14.6. The summed E-state index contributed by atoms with van der Waals surface area (Å²) in [5, 5.41) is 9.69. The van der Waals surface area contributed by atoms with E-state index in [2.05, 4.69) is 57.9 Å². The molecule has 0 atom stereocenters. The van der Waals surface area contributed by atoms with Crippen molar-refractivity contribution in [2.45, 2.75) is 25.9 Å². The average molecular weight is 338 g/mol. The molecule has 4 rings (SSSR count). The highest BCUT2D eigenvalue weighted by Gasteiger charge is 2.18. The molecule has 6 heteroatoms. The van der Waals surface area contributed by atoms with E-state index in [1.54, 1.807) is 11.8 Å². The molecule has 24 heavy (non-hydrogen) atoms. The van der Waals surface area contributed by atoms with Crippen molar-refractivity contribution >= 4 is 22.9 Å². The Morgan fingerprint density at radius 1 is 1.12 bits per heavy atom. The number of aromatic nitrogens is 4. The monoisotopic (exact) mass is 338 g/mol. The van der Waals surface area contributed by atoms with Gasteiger partial charge in [0.05, 0.1) is 11.2 Å². The Kier molecular flexibility index (Phi) is 3.69. The molecule has 4 aromatic rings. The number of hydrogen-bond donors (Lipinski definition) is 1. The van der Waals surface area contributed by atoms with Crippen molar-refractivity contribution in [2.75, 3.05) is 5.75 Å². The largest absolute Gasteiger partial charge is 0.460 e. The fraction of sp³-hybridized carbons (Fsp3) is 0.222. The molecular formula is C18H18N4OS. The molecule has 0 aliphatic heterocycles. The standard InChI is InChI=1S/C18H18N4OS/c1-4-24-18-21-20-17(22(18)13-7-5-11(2)6-8-13)15-10-16-14(19-15)9-12(3)23-16/h5-10,19H,4H2,1-3H3. The van der Waals surface area contributed by atoms with Gasteiger partial charge in [0, 0.05) is 17.8 Å². The number of nitrogens with one attached hydrogen (secondary N) is 1. The number of rotatable bonds is 4. The van der Waals surface area contributed by atoms with Crippen molar-refractivity contribution in [1.29, 1.82) is 0 Å². The van der Waals surface area contributed by atoms with Crippen LogP contribution in [0.3, 0.4) is 0 Å². The highest BCUT2D eigenvalue weighted by Crippen LogP contribution is 2.30. The Bertz CT molecular complexity index is 963. The third-order valence-electron chi connectivity index (χ3n) is 3.87. The minimum atomic E-state index is 0.791. The molecule has 0 spiro atoms. The third kappa shape index (κ3) is 2.53. The molecule has 0 unspecified atom stereocenters. The summed E-state index contributed by atoms with van der Waals surface area (Å²) in [4.78, 5) is 3.38. The zero-order chi connectivity index (χ0) is 16.7. The quantitative estimate of drug-likeness (QED) is 0.546. The number of aryl methyl sites for hydroxylation is 2. The van der Waals surface area contributed by atoms with E-state index in [1.807, 2.05) is 19.1 Å². The van der Waals surface area contributed by atoms with E-state index < -0.39 is 0 Å². The van der Waals surface area contributed by atoms with Gasteiger partial charge in [-0.3, -0.25) is 4.57 Å². The summed E-state index contributed by atoms with van der Waals surface area (Å²) in [6, 6.07) is 12.4. The third-order valence-corrected chi connectivity index (χ3v) is 4.68. The first kappa shape index (κ1) is 15.1. The van der Waals surface area contributed by atoms with Gasteiger partial charge in [0.2, 0.25) is 0 Å². The average Bonchev–Trinajstić information content (AvgIpc) is 3.21. The second kappa shape index (κ2) is 5.87. The van der Waals surface area contributed by atoms with E-state index in [9.17, 15) is 0 Å². The lowest BCUT2D eigenvalue weighted by Crippen LogP contribution is -2.00. The fourth-order valence-corrected chi connectivity index (χ4v) is 3.44. The van der Waals surface area contributed by atoms with Crippen LogP contribution in [0.25, 0.3) is 28.3 Å². The molecular weight excluding hydrogens is 320 g/mol. The van der Waals surface area contributed by atoms with Crippen LogP contribution < -0.4 is 0 Å². The summed E-state index contributed by atoms with van der Waals surface area (Å²) in [6.07, 6.45) is 0. The smallest absolute Gasteiger partial charge is 0.196 e. The van der Waals surface area contributed by atoms with E-state index in [4.69, 9.17) is 4.42 Å². The summed E-state index contributed by atoms with van der Waals surface area (Å²) in [7, 11) is 0. The van der Waals surface area contributed by atoms with Crippen LogP contribution in [0, 0.1) is 13.8 Å². The summed E-state index contributed by atoms with van der Waals surface area (Å²) >= 11 is 1.68. The predicted molar refractivity (Wildman–Crippen MR) is 96.8 cm³/mol. The number of fused-ring (bicyclic) bond motifs is 1. The lowest BCUT2D eigenvalue weighted by Gasteiger charge is -2.09. The van der Waals surface area contributed by atoms with Crippen LogP contribution in [-0.4, -0.2) is 25.5 Å². The van der Waals surface area contributed by atoms with E-state index in [0.29, 0.717) is 0 Å². The van der Waals surface area contributed by atoms with Crippen LogP contribution in [0.2, 0.25) is 0 Å². The van der Waals surface area contributed by atoms with Crippen LogP contribution >= 0.6 is 11.8 Å². The van der Waals surface area contributed by atoms with Crippen LogP contribution in [0.5, 0.6) is 0 Å². The van der Waals surface area contributed by atoms with Gasteiger partial charge < -0.3 is 9.40 Å². The van der Waals surface area contributed by atoms with Gasteiger partial charge in [-0.25, -0.2) is 0 Å². The van der Waals surface area contributed by atoms with Gasteiger partial charge in [-0.2, -0.15) is 0 Å². The van der Waals surface area contributed by atoms with E-state index >= 15 is 0 Å². The van der Waals surface area contributed by atoms with Crippen LogP contribution in [0.1, 0.15) is 18.2 Å². The molecule has 0 aliphatic rings. The van der Waals surface area contributed by atoms with Crippen LogP contribution in [0.4, 0.5) is 0 Å².